The van der Waals surface area contributed by atoms with Crippen molar-refractivity contribution in [1.82, 2.24) is 10.2 Å². The molecule has 0 amide bonds. The Morgan fingerprint density at radius 3 is 2.12 bits per heavy atom. The summed E-state index contributed by atoms with van der Waals surface area (Å²) in [5.41, 5.74) is 1.33. The van der Waals surface area contributed by atoms with E-state index in [0.29, 0.717) is 0 Å². The molecule has 0 aromatic heterocycles. The highest BCUT2D eigenvalue weighted by atomic mass is 15.1. The van der Waals surface area contributed by atoms with Crippen molar-refractivity contribution in [2.45, 2.75) is 46.6 Å². The zero-order valence-corrected chi connectivity index (χ0v) is 12.1. The van der Waals surface area contributed by atoms with Crippen LogP contribution in [0.15, 0.2) is 12.2 Å². The van der Waals surface area contributed by atoms with E-state index in [9.17, 15) is 0 Å². The smallest absolute Gasteiger partial charge is 0.0203 e. The molecule has 0 saturated heterocycles. The maximum Gasteiger partial charge on any atom is 0.0203 e. The van der Waals surface area contributed by atoms with Crippen molar-refractivity contribution in [3.05, 3.63) is 12.2 Å². The Balaban J connectivity index is 2.26. The summed E-state index contributed by atoms with van der Waals surface area (Å²) in [5, 5.41) is 3.54. The van der Waals surface area contributed by atoms with Gasteiger partial charge in [-0.1, -0.05) is 34.3 Å². The summed E-state index contributed by atoms with van der Waals surface area (Å²) in [6.07, 6.45) is 2.71. The van der Waals surface area contributed by atoms with Crippen LogP contribution in [0.5, 0.6) is 0 Å². The fourth-order valence-electron chi connectivity index (χ4n) is 2.18. The summed E-state index contributed by atoms with van der Waals surface area (Å²) in [5.74, 6) is 1.47. The van der Waals surface area contributed by atoms with E-state index in [0.717, 1.165) is 31.0 Å². The zero-order valence-electron chi connectivity index (χ0n) is 12.1. The van der Waals surface area contributed by atoms with Crippen LogP contribution < -0.4 is 5.32 Å². The van der Waals surface area contributed by atoms with Gasteiger partial charge < -0.3 is 5.32 Å². The normalized spacial score (nSPS) is 16.2. The first-order valence-electron chi connectivity index (χ1n) is 7.09. The second-order valence-corrected chi connectivity index (χ2v) is 6.39. The SMILES string of the molecule is C=C(CNC1CC1)CN(CC(C)C)CC(C)C. The minimum Gasteiger partial charge on any atom is -0.310 e. The molecule has 0 radical (unpaired) electrons. The average Bonchev–Trinajstić information content (AvgIpc) is 2.95. The van der Waals surface area contributed by atoms with Gasteiger partial charge in [0.15, 0.2) is 0 Å². The second-order valence-electron chi connectivity index (χ2n) is 6.39. The predicted molar refractivity (Wildman–Crippen MR) is 76.3 cm³/mol. The largest absolute Gasteiger partial charge is 0.310 e. The van der Waals surface area contributed by atoms with E-state index in [4.69, 9.17) is 0 Å². The van der Waals surface area contributed by atoms with Crippen LogP contribution in [-0.4, -0.2) is 37.1 Å². The van der Waals surface area contributed by atoms with Gasteiger partial charge in [0.25, 0.3) is 0 Å². The van der Waals surface area contributed by atoms with Gasteiger partial charge in [0.1, 0.15) is 0 Å². The van der Waals surface area contributed by atoms with Crippen LogP contribution >= 0.6 is 0 Å². The first kappa shape index (κ1) is 14.7. The Hall–Kier alpha value is -0.340. The molecule has 1 aliphatic carbocycles. The van der Waals surface area contributed by atoms with Crippen LogP contribution in [0.25, 0.3) is 0 Å². The molecule has 1 fully saturated rings. The van der Waals surface area contributed by atoms with Crippen molar-refractivity contribution in [2.24, 2.45) is 11.8 Å². The maximum atomic E-state index is 4.20. The quantitative estimate of drug-likeness (QED) is 0.621. The molecular weight excluding hydrogens is 208 g/mol. The third-order valence-electron chi connectivity index (χ3n) is 2.91. The Kier molecular flexibility index (Phi) is 6.21. The first-order valence-corrected chi connectivity index (χ1v) is 7.09. The number of nitrogens with zero attached hydrogens (tertiary/aromatic N) is 1. The first-order chi connectivity index (χ1) is 7.97. The molecular formula is C15H30N2. The molecule has 1 N–H and O–H groups in total. The number of rotatable bonds is 9. The number of nitrogens with one attached hydrogen (secondary N) is 1. The van der Waals surface area contributed by atoms with Gasteiger partial charge in [0.2, 0.25) is 0 Å². The lowest BCUT2D eigenvalue weighted by molar-refractivity contribution is 0.235. The van der Waals surface area contributed by atoms with Crippen LogP contribution in [0, 0.1) is 11.8 Å². The molecule has 1 aliphatic rings. The highest BCUT2D eigenvalue weighted by molar-refractivity contribution is 5.01. The summed E-state index contributed by atoms with van der Waals surface area (Å²) in [4.78, 5) is 2.55. The Labute approximate surface area is 107 Å². The van der Waals surface area contributed by atoms with Crippen LogP contribution in [0.1, 0.15) is 40.5 Å². The molecule has 100 valence electrons. The maximum absolute atomic E-state index is 4.20. The topological polar surface area (TPSA) is 15.3 Å². The van der Waals surface area contributed by atoms with Crippen molar-refractivity contribution in [3.8, 4) is 0 Å². The molecule has 0 aliphatic heterocycles. The van der Waals surface area contributed by atoms with Gasteiger partial charge in [0, 0.05) is 32.2 Å². The summed E-state index contributed by atoms with van der Waals surface area (Å²) in [7, 11) is 0. The van der Waals surface area contributed by atoms with Crippen LogP contribution in [0.4, 0.5) is 0 Å². The van der Waals surface area contributed by atoms with Gasteiger partial charge in [0.05, 0.1) is 0 Å². The van der Waals surface area contributed by atoms with E-state index in [1.807, 2.05) is 0 Å². The van der Waals surface area contributed by atoms with Crippen molar-refractivity contribution < 1.29 is 0 Å². The molecule has 2 heteroatoms. The van der Waals surface area contributed by atoms with Gasteiger partial charge in [-0.3, -0.25) is 4.90 Å². The molecule has 0 spiro atoms. The van der Waals surface area contributed by atoms with E-state index in [-0.39, 0.29) is 0 Å². The lowest BCUT2D eigenvalue weighted by atomic mass is 10.1. The summed E-state index contributed by atoms with van der Waals surface area (Å²) >= 11 is 0. The summed E-state index contributed by atoms with van der Waals surface area (Å²) < 4.78 is 0. The van der Waals surface area contributed by atoms with Crippen LogP contribution in [-0.2, 0) is 0 Å². The minimum atomic E-state index is 0.734. The highest BCUT2D eigenvalue weighted by Gasteiger charge is 2.20. The van der Waals surface area contributed by atoms with Crippen molar-refractivity contribution in [3.63, 3.8) is 0 Å². The molecule has 0 atom stereocenters. The van der Waals surface area contributed by atoms with Gasteiger partial charge >= 0.3 is 0 Å². The van der Waals surface area contributed by atoms with Crippen LogP contribution in [0.2, 0.25) is 0 Å². The van der Waals surface area contributed by atoms with Gasteiger partial charge in [-0.05, 0) is 30.3 Å². The highest BCUT2D eigenvalue weighted by Crippen LogP contribution is 2.18. The molecule has 1 saturated carbocycles. The standard InChI is InChI=1S/C15H30N2/c1-12(2)9-17(10-13(3)4)11-14(5)8-16-15-6-7-15/h12-13,15-16H,5-11H2,1-4H3. The Bertz CT molecular complexity index is 219. The summed E-state index contributed by atoms with van der Waals surface area (Å²) in [6.45, 7) is 17.8. The second kappa shape index (κ2) is 7.17. The van der Waals surface area contributed by atoms with E-state index >= 15 is 0 Å². The zero-order chi connectivity index (χ0) is 12.8. The van der Waals surface area contributed by atoms with E-state index in [2.05, 4.69) is 44.5 Å². The molecule has 0 heterocycles. The van der Waals surface area contributed by atoms with Crippen molar-refractivity contribution in [1.29, 1.82) is 0 Å². The molecule has 0 unspecified atom stereocenters. The Morgan fingerprint density at radius 1 is 1.18 bits per heavy atom. The van der Waals surface area contributed by atoms with Crippen molar-refractivity contribution in [2.75, 3.05) is 26.2 Å². The molecule has 2 nitrogen and oxygen atoms in total. The monoisotopic (exact) mass is 238 g/mol. The van der Waals surface area contributed by atoms with Gasteiger partial charge in [-0.25, -0.2) is 0 Å². The van der Waals surface area contributed by atoms with Gasteiger partial charge in [-0.15, -0.1) is 0 Å². The molecule has 17 heavy (non-hydrogen) atoms. The van der Waals surface area contributed by atoms with E-state index in [1.54, 1.807) is 0 Å². The van der Waals surface area contributed by atoms with Crippen molar-refractivity contribution >= 4 is 0 Å². The number of hydrogen-bond acceptors (Lipinski definition) is 2. The Morgan fingerprint density at radius 2 is 1.71 bits per heavy atom. The van der Waals surface area contributed by atoms with E-state index < -0.39 is 0 Å². The minimum absolute atomic E-state index is 0.734. The molecule has 0 aromatic rings. The van der Waals surface area contributed by atoms with Crippen LogP contribution in [0.3, 0.4) is 0 Å². The fraction of sp³-hybridized carbons (Fsp3) is 0.867. The lowest BCUT2D eigenvalue weighted by Crippen LogP contribution is -2.35. The lowest BCUT2D eigenvalue weighted by Gasteiger charge is -2.27. The molecule has 0 bridgehead atoms. The number of hydrogen-bond donors (Lipinski definition) is 1. The average molecular weight is 238 g/mol. The van der Waals surface area contributed by atoms with E-state index in [1.165, 1.54) is 31.5 Å². The third-order valence-corrected chi connectivity index (χ3v) is 2.91. The van der Waals surface area contributed by atoms with Gasteiger partial charge in [-0.2, -0.15) is 0 Å². The predicted octanol–water partition coefficient (Wildman–Crippen LogP) is 2.91. The summed E-state index contributed by atoms with van der Waals surface area (Å²) in [6, 6.07) is 0.787. The fourth-order valence-corrected chi connectivity index (χ4v) is 2.18. The molecule has 0 aromatic carbocycles. The third kappa shape index (κ3) is 7.56. The molecule has 1 rings (SSSR count).